The first-order valence-corrected chi connectivity index (χ1v) is 6.20. The first-order valence-electron chi connectivity index (χ1n) is 4.88. The zero-order valence-electron chi connectivity index (χ0n) is 9.07. The van der Waals surface area contributed by atoms with Crippen LogP contribution in [-0.4, -0.2) is 13.0 Å². The van der Waals surface area contributed by atoms with Gasteiger partial charge in [-0.05, 0) is 29.6 Å². The van der Waals surface area contributed by atoms with E-state index in [2.05, 4.69) is 5.32 Å². The zero-order chi connectivity index (χ0) is 12.3. The minimum Gasteiger partial charge on any atom is -0.496 e. The third kappa shape index (κ3) is 2.78. The van der Waals surface area contributed by atoms with Crippen molar-refractivity contribution in [3.8, 4) is 5.75 Å². The Labute approximate surface area is 108 Å². The van der Waals surface area contributed by atoms with Gasteiger partial charge in [-0.15, -0.1) is 0 Å². The molecule has 0 unspecified atom stereocenters. The lowest BCUT2D eigenvalue weighted by Gasteiger charge is -2.08. The third-order valence-corrected chi connectivity index (χ3v) is 3.11. The number of hydrogen-bond acceptors (Lipinski definition) is 3. The molecule has 17 heavy (non-hydrogen) atoms. The van der Waals surface area contributed by atoms with E-state index in [9.17, 15) is 4.79 Å². The number of halogens is 1. The van der Waals surface area contributed by atoms with Crippen LogP contribution in [0.4, 0.5) is 5.69 Å². The van der Waals surface area contributed by atoms with Crippen LogP contribution in [0.25, 0.3) is 0 Å². The number of thiophene rings is 1. The molecule has 88 valence electrons. The fourth-order valence-corrected chi connectivity index (χ4v) is 2.14. The van der Waals surface area contributed by atoms with Crippen molar-refractivity contribution in [3.05, 3.63) is 45.6 Å². The lowest BCUT2D eigenvalue weighted by Crippen LogP contribution is -2.12. The highest BCUT2D eigenvalue weighted by Crippen LogP contribution is 2.24. The maximum absolute atomic E-state index is 12.0. The summed E-state index contributed by atoms with van der Waals surface area (Å²) in [5.41, 5.74) is 1.24. The second-order valence-corrected chi connectivity index (χ2v) is 4.53. The molecule has 0 aliphatic rings. The molecule has 0 fully saturated rings. The first kappa shape index (κ1) is 12.0. The average Bonchev–Trinajstić information content (AvgIpc) is 2.81. The molecule has 0 saturated carbocycles. The van der Waals surface area contributed by atoms with Gasteiger partial charge in [-0.1, -0.05) is 11.6 Å². The Balaban J connectivity index is 2.24. The van der Waals surface area contributed by atoms with Crippen molar-refractivity contribution in [2.24, 2.45) is 0 Å². The highest BCUT2D eigenvalue weighted by atomic mass is 35.5. The van der Waals surface area contributed by atoms with Gasteiger partial charge in [0.05, 0.1) is 18.4 Å². The maximum atomic E-state index is 12.0. The van der Waals surface area contributed by atoms with Crippen molar-refractivity contribution in [3.63, 3.8) is 0 Å². The summed E-state index contributed by atoms with van der Waals surface area (Å²) in [4.78, 5) is 12.0. The van der Waals surface area contributed by atoms with E-state index in [1.807, 2.05) is 16.8 Å². The van der Waals surface area contributed by atoms with Crippen molar-refractivity contribution in [1.82, 2.24) is 0 Å². The van der Waals surface area contributed by atoms with Gasteiger partial charge >= 0.3 is 0 Å². The summed E-state index contributed by atoms with van der Waals surface area (Å²) in [5, 5.41) is 7.08. The molecule has 0 aliphatic heterocycles. The Morgan fingerprint density at radius 1 is 1.41 bits per heavy atom. The molecule has 1 amide bonds. The van der Waals surface area contributed by atoms with E-state index >= 15 is 0 Å². The number of carbonyl (C=O) groups excluding carboxylic acids is 1. The first-order chi connectivity index (χ1) is 8.20. The summed E-state index contributed by atoms with van der Waals surface area (Å²) in [5.74, 6) is 0.252. The third-order valence-electron chi connectivity index (χ3n) is 2.19. The van der Waals surface area contributed by atoms with Crippen LogP contribution in [0, 0.1) is 0 Å². The van der Waals surface area contributed by atoms with Crippen LogP contribution in [0.2, 0.25) is 5.02 Å². The Bertz CT molecular complexity index is 525. The molecule has 1 heterocycles. The van der Waals surface area contributed by atoms with Crippen molar-refractivity contribution >= 4 is 34.5 Å². The summed E-state index contributed by atoms with van der Waals surface area (Å²) < 4.78 is 5.12. The van der Waals surface area contributed by atoms with Crippen molar-refractivity contribution < 1.29 is 9.53 Å². The van der Waals surface area contributed by atoms with Gasteiger partial charge in [0.2, 0.25) is 0 Å². The molecule has 0 spiro atoms. The quantitative estimate of drug-likeness (QED) is 0.922. The van der Waals surface area contributed by atoms with Crippen LogP contribution in [-0.2, 0) is 0 Å². The van der Waals surface area contributed by atoms with Crippen molar-refractivity contribution in [1.29, 1.82) is 0 Å². The lowest BCUT2D eigenvalue weighted by atomic mass is 10.2. The number of anilines is 1. The predicted octanol–water partition coefficient (Wildman–Crippen LogP) is 3.66. The Kier molecular flexibility index (Phi) is 3.66. The number of rotatable bonds is 3. The Morgan fingerprint density at radius 3 is 2.88 bits per heavy atom. The minimum absolute atomic E-state index is 0.211. The molecular formula is C12H10ClNO2S. The normalized spacial score (nSPS) is 10.0. The molecule has 0 bridgehead atoms. The summed E-state index contributed by atoms with van der Waals surface area (Å²) in [6, 6.07) is 6.75. The SMILES string of the molecule is COc1cc(Cl)ccc1C(=O)Nc1ccsc1. The summed E-state index contributed by atoms with van der Waals surface area (Å²) in [6.07, 6.45) is 0. The largest absolute Gasteiger partial charge is 0.496 e. The molecule has 5 heteroatoms. The van der Waals surface area contributed by atoms with Crippen molar-refractivity contribution in [2.45, 2.75) is 0 Å². The smallest absolute Gasteiger partial charge is 0.259 e. The number of ether oxygens (including phenoxy) is 1. The van der Waals surface area contributed by atoms with Gasteiger partial charge in [0.25, 0.3) is 5.91 Å². The van der Waals surface area contributed by atoms with E-state index in [1.54, 1.807) is 18.2 Å². The fraction of sp³-hybridized carbons (Fsp3) is 0.0833. The molecule has 1 aromatic heterocycles. The molecule has 1 N–H and O–H groups in total. The number of amides is 1. The van der Waals surface area contributed by atoms with Crippen LogP contribution in [0.15, 0.2) is 35.0 Å². The van der Waals surface area contributed by atoms with Crippen molar-refractivity contribution in [2.75, 3.05) is 12.4 Å². The maximum Gasteiger partial charge on any atom is 0.259 e. The highest BCUT2D eigenvalue weighted by Gasteiger charge is 2.12. The second kappa shape index (κ2) is 5.21. The van der Waals surface area contributed by atoms with Crippen LogP contribution < -0.4 is 10.1 Å². The van der Waals surface area contributed by atoms with Gasteiger partial charge in [-0.25, -0.2) is 0 Å². The molecule has 1 aromatic carbocycles. The lowest BCUT2D eigenvalue weighted by molar-refractivity contribution is 0.102. The number of methoxy groups -OCH3 is 1. The monoisotopic (exact) mass is 267 g/mol. The van der Waals surface area contributed by atoms with E-state index in [-0.39, 0.29) is 5.91 Å². The Hall–Kier alpha value is -1.52. The van der Waals surface area contributed by atoms with Gasteiger partial charge in [-0.2, -0.15) is 11.3 Å². The van der Waals surface area contributed by atoms with E-state index in [4.69, 9.17) is 16.3 Å². The van der Waals surface area contributed by atoms with Gasteiger partial charge in [0, 0.05) is 10.4 Å². The van der Waals surface area contributed by atoms with Crippen LogP contribution in [0.5, 0.6) is 5.75 Å². The van der Waals surface area contributed by atoms with Crippen LogP contribution in [0.1, 0.15) is 10.4 Å². The summed E-state index contributed by atoms with van der Waals surface area (Å²) in [7, 11) is 1.51. The number of benzene rings is 1. The van der Waals surface area contributed by atoms with Gasteiger partial charge in [-0.3, -0.25) is 4.79 Å². The van der Waals surface area contributed by atoms with Gasteiger partial charge < -0.3 is 10.1 Å². The number of nitrogens with one attached hydrogen (secondary N) is 1. The van der Waals surface area contributed by atoms with Gasteiger partial charge in [0.15, 0.2) is 0 Å². The average molecular weight is 268 g/mol. The second-order valence-electron chi connectivity index (χ2n) is 3.31. The topological polar surface area (TPSA) is 38.3 Å². The number of hydrogen-bond donors (Lipinski definition) is 1. The molecular weight excluding hydrogens is 258 g/mol. The predicted molar refractivity (Wildman–Crippen MR) is 70.3 cm³/mol. The Morgan fingerprint density at radius 2 is 2.24 bits per heavy atom. The summed E-state index contributed by atoms with van der Waals surface area (Å²) in [6.45, 7) is 0. The van der Waals surface area contributed by atoms with E-state index in [0.29, 0.717) is 16.3 Å². The standard InChI is InChI=1S/C12H10ClNO2S/c1-16-11-6-8(13)2-3-10(11)12(15)14-9-4-5-17-7-9/h2-7H,1H3,(H,14,15). The molecule has 2 aromatic rings. The minimum atomic E-state index is -0.211. The molecule has 2 rings (SSSR count). The zero-order valence-corrected chi connectivity index (χ0v) is 10.6. The highest BCUT2D eigenvalue weighted by molar-refractivity contribution is 7.08. The van der Waals surface area contributed by atoms with E-state index in [1.165, 1.54) is 18.4 Å². The molecule has 0 aliphatic carbocycles. The summed E-state index contributed by atoms with van der Waals surface area (Å²) >= 11 is 7.36. The number of carbonyl (C=O) groups is 1. The molecule has 0 radical (unpaired) electrons. The molecule has 3 nitrogen and oxygen atoms in total. The van der Waals surface area contributed by atoms with Crippen LogP contribution >= 0.6 is 22.9 Å². The van der Waals surface area contributed by atoms with E-state index in [0.717, 1.165) is 5.69 Å². The van der Waals surface area contributed by atoms with E-state index < -0.39 is 0 Å². The molecule has 0 saturated heterocycles. The molecule has 0 atom stereocenters. The van der Waals surface area contributed by atoms with Gasteiger partial charge in [0.1, 0.15) is 5.75 Å². The van der Waals surface area contributed by atoms with Crippen LogP contribution in [0.3, 0.4) is 0 Å². The fourth-order valence-electron chi connectivity index (χ4n) is 1.39.